The minimum absolute atomic E-state index is 0.546. The summed E-state index contributed by atoms with van der Waals surface area (Å²) in [5.74, 6) is 0. The second kappa shape index (κ2) is 5.14. The van der Waals surface area contributed by atoms with E-state index >= 15 is 0 Å². The van der Waals surface area contributed by atoms with Crippen LogP contribution >= 0.6 is 0 Å². The Hall–Kier alpha value is -1.94. The third kappa shape index (κ3) is 3.53. The Balaban J connectivity index is 2.24. The Labute approximate surface area is 106 Å². The molecule has 0 aliphatic carbocycles. The summed E-state index contributed by atoms with van der Waals surface area (Å²) in [6.45, 7) is 0. The van der Waals surface area contributed by atoms with Crippen molar-refractivity contribution in [2.24, 2.45) is 0 Å². The Bertz CT molecular complexity index is 644. The molecule has 0 fully saturated rings. The molecule has 0 spiro atoms. The number of hydrogen-bond donors (Lipinski definition) is 0. The van der Waals surface area contributed by atoms with Crippen LogP contribution in [0.4, 0.5) is 3.89 Å². The first-order valence-electron chi connectivity index (χ1n) is 5.33. The van der Waals surface area contributed by atoms with E-state index in [1.807, 2.05) is 42.5 Å². The number of benzene rings is 2. The molecule has 2 rings (SSSR count). The Morgan fingerprint density at radius 2 is 1.39 bits per heavy atom. The van der Waals surface area contributed by atoms with Crippen LogP contribution in [0.1, 0.15) is 5.56 Å². The van der Waals surface area contributed by atoms with E-state index < -0.39 is 10.2 Å². The summed E-state index contributed by atoms with van der Waals surface area (Å²) in [5.41, 5.74) is 2.73. The largest absolute Gasteiger partial charge is 0.325 e. The van der Waals surface area contributed by atoms with Crippen molar-refractivity contribution in [1.29, 1.82) is 0 Å². The maximum Gasteiger partial charge on any atom is 0.325 e. The van der Waals surface area contributed by atoms with Gasteiger partial charge in [-0.1, -0.05) is 54.6 Å². The van der Waals surface area contributed by atoms with E-state index in [2.05, 4.69) is 0 Å². The smallest absolute Gasteiger partial charge is 0.190 e. The van der Waals surface area contributed by atoms with Gasteiger partial charge in [0.15, 0.2) is 0 Å². The van der Waals surface area contributed by atoms with Gasteiger partial charge in [0, 0.05) is 0 Å². The van der Waals surface area contributed by atoms with Crippen LogP contribution in [0.25, 0.3) is 17.2 Å². The molecule has 2 aromatic rings. The Kier molecular flexibility index (Phi) is 3.58. The highest BCUT2D eigenvalue weighted by molar-refractivity contribution is 7.89. The van der Waals surface area contributed by atoms with Gasteiger partial charge in [-0.3, -0.25) is 0 Å². The molecule has 0 heterocycles. The molecule has 0 N–H and O–H groups in total. The van der Waals surface area contributed by atoms with Gasteiger partial charge in [-0.15, -0.1) is 3.89 Å². The fourth-order valence-electron chi connectivity index (χ4n) is 1.58. The quantitative estimate of drug-likeness (QED) is 0.792. The van der Waals surface area contributed by atoms with E-state index in [1.165, 1.54) is 6.08 Å². The van der Waals surface area contributed by atoms with E-state index in [0.29, 0.717) is 11.0 Å². The van der Waals surface area contributed by atoms with Crippen LogP contribution in [0.2, 0.25) is 0 Å². The van der Waals surface area contributed by atoms with Crippen LogP contribution in [0.15, 0.2) is 60.0 Å². The summed E-state index contributed by atoms with van der Waals surface area (Å²) in [5, 5.41) is 0.546. The summed E-state index contributed by atoms with van der Waals surface area (Å²) in [6, 6.07) is 17.0. The van der Waals surface area contributed by atoms with E-state index in [0.717, 1.165) is 11.1 Å². The fourth-order valence-corrected chi connectivity index (χ4v) is 1.90. The molecule has 2 nitrogen and oxygen atoms in total. The third-order valence-electron chi connectivity index (χ3n) is 2.44. The molecule has 0 saturated carbocycles. The lowest BCUT2D eigenvalue weighted by molar-refractivity contribution is 0.563. The average Bonchev–Trinajstić information content (AvgIpc) is 2.37. The zero-order chi connectivity index (χ0) is 13.0. The summed E-state index contributed by atoms with van der Waals surface area (Å²) in [7, 11) is -4.57. The normalized spacial score (nSPS) is 11.8. The maximum absolute atomic E-state index is 12.3. The molecule has 0 aliphatic heterocycles. The molecule has 2 aromatic carbocycles. The van der Waals surface area contributed by atoms with Crippen molar-refractivity contribution in [2.75, 3.05) is 0 Å². The topological polar surface area (TPSA) is 34.1 Å². The van der Waals surface area contributed by atoms with Crippen molar-refractivity contribution in [1.82, 2.24) is 0 Å². The molecular weight excluding hydrogens is 251 g/mol. The molecule has 0 unspecified atom stereocenters. The van der Waals surface area contributed by atoms with Gasteiger partial charge in [-0.25, -0.2) is 0 Å². The zero-order valence-electron chi connectivity index (χ0n) is 9.45. The highest BCUT2D eigenvalue weighted by Gasteiger charge is 1.99. The average molecular weight is 262 g/mol. The Morgan fingerprint density at radius 1 is 0.833 bits per heavy atom. The first-order chi connectivity index (χ1) is 8.54. The molecule has 0 bridgehead atoms. The summed E-state index contributed by atoms with van der Waals surface area (Å²) >= 11 is 0. The van der Waals surface area contributed by atoms with Gasteiger partial charge in [-0.05, 0) is 22.8 Å². The van der Waals surface area contributed by atoms with Crippen molar-refractivity contribution in [3.05, 3.63) is 65.6 Å². The molecule has 0 amide bonds. The fraction of sp³-hybridized carbons (Fsp3) is 0. The molecule has 4 heteroatoms. The minimum Gasteiger partial charge on any atom is -0.190 e. The molecule has 0 saturated heterocycles. The van der Waals surface area contributed by atoms with Gasteiger partial charge in [0.25, 0.3) is 0 Å². The number of hydrogen-bond acceptors (Lipinski definition) is 2. The molecule has 0 aromatic heterocycles. The van der Waals surface area contributed by atoms with Gasteiger partial charge in [0.2, 0.25) is 0 Å². The molecule has 18 heavy (non-hydrogen) atoms. The predicted molar refractivity (Wildman–Crippen MR) is 70.9 cm³/mol. The van der Waals surface area contributed by atoms with Crippen LogP contribution in [0.5, 0.6) is 0 Å². The van der Waals surface area contributed by atoms with E-state index in [9.17, 15) is 12.3 Å². The first kappa shape index (κ1) is 12.5. The van der Waals surface area contributed by atoms with Crippen LogP contribution < -0.4 is 0 Å². The molecule has 0 aliphatic rings. The lowest BCUT2D eigenvalue weighted by Gasteiger charge is -2.01. The second-order valence-electron chi connectivity index (χ2n) is 3.77. The second-order valence-corrected chi connectivity index (χ2v) is 4.99. The van der Waals surface area contributed by atoms with Crippen LogP contribution in [0.3, 0.4) is 0 Å². The highest BCUT2D eigenvalue weighted by atomic mass is 32.3. The molecule has 0 atom stereocenters. The van der Waals surface area contributed by atoms with Gasteiger partial charge >= 0.3 is 10.2 Å². The molecule has 0 radical (unpaired) electrons. The van der Waals surface area contributed by atoms with Crippen molar-refractivity contribution in [3.8, 4) is 11.1 Å². The first-order valence-corrected chi connectivity index (χ1v) is 6.77. The standard InChI is InChI=1S/C14H11FO2S/c15-18(16,17)11-10-12-6-8-14(9-7-12)13-4-2-1-3-5-13/h1-11H. The van der Waals surface area contributed by atoms with Gasteiger partial charge in [-0.2, -0.15) is 8.42 Å². The van der Waals surface area contributed by atoms with E-state index in [1.54, 1.807) is 12.1 Å². The van der Waals surface area contributed by atoms with Gasteiger partial charge in [0.05, 0.1) is 5.41 Å². The predicted octanol–water partition coefficient (Wildman–Crippen LogP) is 3.62. The number of halogens is 1. The van der Waals surface area contributed by atoms with Gasteiger partial charge < -0.3 is 0 Å². The summed E-state index contributed by atoms with van der Waals surface area (Å²) in [6.07, 6.45) is 1.23. The van der Waals surface area contributed by atoms with Crippen LogP contribution in [0, 0.1) is 0 Å². The lowest BCUT2D eigenvalue weighted by Crippen LogP contribution is -1.82. The summed E-state index contributed by atoms with van der Waals surface area (Å²) < 4.78 is 33.0. The maximum atomic E-state index is 12.3. The number of rotatable bonds is 3. The van der Waals surface area contributed by atoms with Crippen LogP contribution in [-0.4, -0.2) is 8.42 Å². The van der Waals surface area contributed by atoms with Gasteiger partial charge in [0.1, 0.15) is 0 Å². The minimum atomic E-state index is -4.57. The molecular formula is C14H11FO2S. The van der Waals surface area contributed by atoms with E-state index in [4.69, 9.17) is 0 Å². The highest BCUT2D eigenvalue weighted by Crippen LogP contribution is 2.19. The van der Waals surface area contributed by atoms with Crippen molar-refractivity contribution >= 4 is 16.3 Å². The SMILES string of the molecule is O=S(=O)(F)C=Cc1ccc(-c2ccccc2)cc1. The third-order valence-corrected chi connectivity index (χ3v) is 2.90. The Morgan fingerprint density at radius 3 is 1.94 bits per heavy atom. The zero-order valence-corrected chi connectivity index (χ0v) is 10.3. The monoisotopic (exact) mass is 262 g/mol. The lowest BCUT2D eigenvalue weighted by atomic mass is 10.0. The van der Waals surface area contributed by atoms with Crippen molar-refractivity contribution in [3.63, 3.8) is 0 Å². The van der Waals surface area contributed by atoms with E-state index in [-0.39, 0.29) is 0 Å². The summed E-state index contributed by atoms with van der Waals surface area (Å²) in [4.78, 5) is 0. The van der Waals surface area contributed by atoms with Crippen molar-refractivity contribution < 1.29 is 12.3 Å². The van der Waals surface area contributed by atoms with Crippen LogP contribution in [-0.2, 0) is 10.2 Å². The molecule has 92 valence electrons. The van der Waals surface area contributed by atoms with Crippen molar-refractivity contribution in [2.45, 2.75) is 0 Å².